The number of nitrogens with one attached hydrogen (secondary N) is 1. The topological polar surface area (TPSA) is 24.5 Å². The molecule has 3 heteroatoms. The van der Waals surface area contributed by atoms with E-state index in [-0.39, 0.29) is 0 Å². The Morgan fingerprint density at radius 1 is 1.00 bits per heavy atom. The summed E-state index contributed by atoms with van der Waals surface area (Å²) in [6.45, 7) is 5.69. The Balaban J connectivity index is 1.52. The molecule has 110 valence electrons. The average molecular weight is 274 g/mol. The predicted molar refractivity (Wildman–Crippen MR) is 82.1 cm³/mol. The zero-order valence-electron chi connectivity index (χ0n) is 12.3. The van der Waals surface area contributed by atoms with Crippen molar-refractivity contribution in [3.8, 4) is 5.75 Å². The number of benzene rings is 1. The summed E-state index contributed by atoms with van der Waals surface area (Å²) >= 11 is 0. The lowest BCUT2D eigenvalue weighted by atomic mass is 10.2. The van der Waals surface area contributed by atoms with Crippen molar-refractivity contribution in [1.29, 1.82) is 0 Å². The first-order valence-corrected chi connectivity index (χ1v) is 8.09. The van der Waals surface area contributed by atoms with Crippen molar-refractivity contribution in [3.63, 3.8) is 0 Å². The Bertz CT molecular complexity index is 390. The molecule has 0 spiro atoms. The Morgan fingerprint density at radius 3 is 2.60 bits per heavy atom. The van der Waals surface area contributed by atoms with Gasteiger partial charge in [-0.3, -0.25) is 4.90 Å². The monoisotopic (exact) mass is 274 g/mol. The van der Waals surface area contributed by atoms with Crippen LogP contribution in [0.15, 0.2) is 24.3 Å². The molecule has 1 heterocycles. The van der Waals surface area contributed by atoms with Crippen molar-refractivity contribution in [3.05, 3.63) is 29.8 Å². The first-order valence-electron chi connectivity index (χ1n) is 8.09. The first kappa shape index (κ1) is 13.9. The Kier molecular flexibility index (Phi) is 4.93. The van der Waals surface area contributed by atoms with Gasteiger partial charge in [0.1, 0.15) is 5.75 Å². The number of ether oxygens (including phenoxy) is 1. The quantitative estimate of drug-likeness (QED) is 0.913. The highest BCUT2D eigenvalue weighted by molar-refractivity contribution is 5.27. The second-order valence-electron chi connectivity index (χ2n) is 6.05. The second-order valence-corrected chi connectivity index (χ2v) is 6.05. The molecule has 1 aliphatic heterocycles. The van der Waals surface area contributed by atoms with Crippen molar-refractivity contribution in [1.82, 2.24) is 10.2 Å². The molecule has 0 atom stereocenters. The normalized spacial score (nSPS) is 21.8. The van der Waals surface area contributed by atoms with Crippen molar-refractivity contribution in [2.45, 2.75) is 44.8 Å². The van der Waals surface area contributed by atoms with Crippen LogP contribution in [0.3, 0.4) is 0 Å². The molecule has 1 N–H and O–H groups in total. The SMILES string of the molecule is c1cc(OC2CCCC2)ccc1CN1CCCNCC1. The number of hydrogen-bond donors (Lipinski definition) is 1. The van der Waals surface area contributed by atoms with Gasteiger partial charge in [-0.25, -0.2) is 0 Å². The third-order valence-corrected chi connectivity index (χ3v) is 4.37. The van der Waals surface area contributed by atoms with E-state index in [9.17, 15) is 0 Å². The maximum Gasteiger partial charge on any atom is 0.119 e. The Morgan fingerprint density at radius 2 is 1.80 bits per heavy atom. The van der Waals surface area contributed by atoms with E-state index in [1.807, 2.05) is 0 Å². The van der Waals surface area contributed by atoms with Gasteiger partial charge in [0.15, 0.2) is 0 Å². The van der Waals surface area contributed by atoms with Crippen molar-refractivity contribution >= 4 is 0 Å². The van der Waals surface area contributed by atoms with Gasteiger partial charge in [-0.05, 0) is 62.9 Å². The van der Waals surface area contributed by atoms with Crippen LogP contribution in [-0.2, 0) is 6.54 Å². The van der Waals surface area contributed by atoms with Crippen LogP contribution in [0.2, 0.25) is 0 Å². The molecule has 0 radical (unpaired) electrons. The smallest absolute Gasteiger partial charge is 0.119 e. The van der Waals surface area contributed by atoms with Gasteiger partial charge in [-0.1, -0.05) is 12.1 Å². The Labute approximate surface area is 122 Å². The predicted octanol–water partition coefficient (Wildman–Crippen LogP) is 2.80. The molecule has 1 aliphatic carbocycles. The van der Waals surface area contributed by atoms with Crippen molar-refractivity contribution < 1.29 is 4.74 Å². The fourth-order valence-corrected chi connectivity index (χ4v) is 3.19. The van der Waals surface area contributed by atoms with E-state index in [1.165, 1.54) is 44.2 Å². The van der Waals surface area contributed by atoms with Crippen LogP contribution < -0.4 is 10.1 Å². The van der Waals surface area contributed by atoms with Crippen LogP contribution in [-0.4, -0.2) is 37.2 Å². The molecule has 0 amide bonds. The molecule has 1 saturated carbocycles. The van der Waals surface area contributed by atoms with E-state index in [2.05, 4.69) is 34.5 Å². The highest BCUT2D eigenvalue weighted by Gasteiger charge is 2.16. The van der Waals surface area contributed by atoms with E-state index < -0.39 is 0 Å². The summed E-state index contributed by atoms with van der Waals surface area (Å²) in [6, 6.07) is 8.73. The van der Waals surface area contributed by atoms with E-state index in [0.717, 1.165) is 31.9 Å². The summed E-state index contributed by atoms with van der Waals surface area (Å²) in [5, 5.41) is 3.45. The minimum Gasteiger partial charge on any atom is -0.490 e. The summed E-state index contributed by atoms with van der Waals surface area (Å²) in [7, 11) is 0. The number of rotatable bonds is 4. The lowest BCUT2D eigenvalue weighted by Crippen LogP contribution is -2.27. The fourth-order valence-electron chi connectivity index (χ4n) is 3.19. The molecule has 1 aromatic rings. The second kappa shape index (κ2) is 7.09. The van der Waals surface area contributed by atoms with Crippen molar-refractivity contribution in [2.24, 2.45) is 0 Å². The molecular formula is C17H26N2O. The van der Waals surface area contributed by atoms with E-state index in [0.29, 0.717) is 6.10 Å². The maximum absolute atomic E-state index is 6.02. The standard InChI is InChI=1S/C17H26N2O/c1-2-5-16(4-1)20-17-8-6-15(7-9-17)14-19-12-3-10-18-11-13-19/h6-9,16,18H,1-5,10-14H2. The summed E-state index contributed by atoms with van der Waals surface area (Å²) < 4.78 is 6.02. The van der Waals surface area contributed by atoms with Crippen molar-refractivity contribution in [2.75, 3.05) is 26.2 Å². The maximum atomic E-state index is 6.02. The van der Waals surface area contributed by atoms with Crippen LogP contribution in [0.1, 0.15) is 37.7 Å². The summed E-state index contributed by atoms with van der Waals surface area (Å²) in [5.74, 6) is 1.04. The fraction of sp³-hybridized carbons (Fsp3) is 0.647. The van der Waals surface area contributed by atoms with E-state index in [1.54, 1.807) is 0 Å². The Hall–Kier alpha value is -1.06. The number of hydrogen-bond acceptors (Lipinski definition) is 3. The molecule has 0 unspecified atom stereocenters. The lowest BCUT2D eigenvalue weighted by molar-refractivity contribution is 0.210. The number of nitrogens with zero attached hydrogens (tertiary/aromatic N) is 1. The molecule has 2 aliphatic rings. The molecule has 2 fully saturated rings. The van der Waals surface area contributed by atoms with Gasteiger partial charge >= 0.3 is 0 Å². The van der Waals surface area contributed by atoms with E-state index >= 15 is 0 Å². The van der Waals surface area contributed by atoms with Gasteiger partial charge in [0, 0.05) is 19.6 Å². The average Bonchev–Trinajstić information content (AvgIpc) is 2.84. The first-order chi connectivity index (χ1) is 9.90. The zero-order valence-corrected chi connectivity index (χ0v) is 12.3. The summed E-state index contributed by atoms with van der Waals surface area (Å²) in [6.07, 6.45) is 6.81. The molecule has 20 heavy (non-hydrogen) atoms. The molecule has 1 aromatic carbocycles. The molecular weight excluding hydrogens is 248 g/mol. The van der Waals surface area contributed by atoms with Crippen LogP contribution in [0.5, 0.6) is 5.75 Å². The van der Waals surface area contributed by atoms with E-state index in [4.69, 9.17) is 4.74 Å². The molecule has 0 aromatic heterocycles. The van der Waals surface area contributed by atoms with Crippen LogP contribution in [0, 0.1) is 0 Å². The minimum atomic E-state index is 0.456. The van der Waals surface area contributed by atoms with Gasteiger partial charge in [-0.2, -0.15) is 0 Å². The molecule has 1 saturated heterocycles. The summed E-state index contributed by atoms with van der Waals surface area (Å²) in [5.41, 5.74) is 1.39. The van der Waals surface area contributed by atoms with Gasteiger partial charge in [0.2, 0.25) is 0 Å². The molecule has 3 nitrogen and oxygen atoms in total. The molecule has 3 rings (SSSR count). The molecule has 0 bridgehead atoms. The minimum absolute atomic E-state index is 0.456. The lowest BCUT2D eigenvalue weighted by Gasteiger charge is -2.20. The highest BCUT2D eigenvalue weighted by Crippen LogP contribution is 2.24. The van der Waals surface area contributed by atoms with Gasteiger partial charge in [0.05, 0.1) is 6.10 Å². The van der Waals surface area contributed by atoms with Crippen LogP contribution in [0.25, 0.3) is 0 Å². The third kappa shape index (κ3) is 3.97. The van der Waals surface area contributed by atoms with Gasteiger partial charge < -0.3 is 10.1 Å². The van der Waals surface area contributed by atoms with Crippen LogP contribution >= 0.6 is 0 Å². The highest BCUT2D eigenvalue weighted by atomic mass is 16.5. The van der Waals surface area contributed by atoms with Gasteiger partial charge in [0.25, 0.3) is 0 Å². The van der Waals surface area contributed by atoms with Crippen LogP contribution in [0.4, 0.5) is 0 Å². The zero-order chi connectivity index (χ0) is 13.6. The third-order valence-electron chi connectivity index (χ3n) is 4.37. The summed E-state index contributed by atoms with van der Waals surface area (Å²) in [4.78, 5) is 2.53. The largest absolute Gasteiger partial charge is 0.490 e. The van der Waals surface area contributed by atoms with Gasteiger partial charge in [-0.15, -0.1) is 0 Å².